The second-order valence-electron chi connectivity index (χ2n) is 3.25. The van der Waals surface area contributed by atoms with Crippen LogP contribution in [-0.2, 0) is 7.05 Å². The van der Waals surface area contributed by atoms with Gasteiger partial charge < -0.3 is 5.43 Å². The Morgan fingerprint density at radius 2 is 2.32 bits per heavy atom. The highest BCUT2D eigenvalue weighted by Gasteiger charge is 2.24. The number of hydrazine groups is 1. The Hall–Kier alpha value is -2.47. The van der Waals surface area contributed by atoms with Crippen molar-refractivity contribution in [1.82, 2.24) is 24.7 Å². The Balaban J connectivity index is 2.48. The van der Waals surface area contributed by atoms with Gasteiger partial charge in [-0.1, -0.05) is 0 Å². The van der Waals surface area contributed by atoms with E-state index in [9.17, 15) is 14.9 Å². The Bertz CT molecular complexity index is 679. The summed E-state index contributed by atoms with van der Waals surface area (Å²) < 4.78 is 1.20. The summed E-state index contributed by atoms with van der Waals surface area (Å²) in [6.45, 7) is 0. The van der Waals surface area contributed by atoms with Crippen LogP contribution in [0.25, 0.3) is 0 Å². The molecule has 0 aliphatic heterocycles. The predicted molar refractivity (Wildman–Crippen MR) is 64.4 cm³/mol. The third-order valence-corrected chi connectivity index (χ3v) is 3.17. The second-order valence-corrected chi connectivity index (χ2v) is 4.21. The van der Waals surface area contributed by atoms with Crippen molar-refractivity contribution in [2.75, 3.05) is 5.43 Å². The monoisotopic (exact) mass is 284 g/mol. The third-order valence-electron chi connectivity index (χ3n) is 2.13. The van der Waals surface area contributed by atoms with Crippen molar-refractivity contribution in [3.8, 4) is 0 Å². The van der Waals surface area contributed by atoms with Gasteiger partial charge in [0.15, 0.2) is 10.2 Å². The van der Waals surface area contributed by atoms with Crippen molar-refractivity contribution in [3.05, 3.63) is 26.9 Å². The predicted octanol–water partition coefficient (Wildman–Crippen LogP) is -0.757. The van der Waals surface area contributed by atoms with Gasteiger partial charge in [-0.2, -0.15) is 0 Å². The number of anilines is 1. The number of hydrogen-bond donors (Lipinski definition) is 3. The zero-order chi connectivity index (χ0) is 14.0. The number of H-pyrrole nitrogens is 1. The van der Waals surface area contributed by atoms with Gasteiger partial charge in [-0.05, 0) is 11.8 Å². The van der Waals surface area contributed by atoms with Gasteiger partial charge in [0.1, 0.15) is 6.33 Å². The van der Waals surface area contributed by atoms with E-state index in [4.69, 9.17) is 5.84 Å². The summed E-state index contributed by atoms with van der Waals surface area (Å²) >= 11 is 0.852. The maximum atomic E-state index is 11.2. The summed E-state index contributed by atoms with van der Waals surface area (Å²) in [7, 11) is 1.48. The van der Waals surface area contributed by atoms with Crippen LogP contribution in [0.5, 0.6) is 0 Å². The number of hydrogen-bond acceptors (Lipinski definition) is 9. The van der Waals surface area contributed by atoms with Crippen molar-refractivity contribution >= 4 is 23.3 Å². The van der Waals surface area contributed by atoms with Gasteiger partial charge in [-0.15, -0.1) is 5.10 Å². The zero-order valence-electron chi connectivity index (χ0n) is 9.52. The van der Waals surface area contributed by atoms with E-state index in [-0.39, 0.29) is 21.7 Å². The quantitative estimate of drug-likeness (QED) is 0.284. The smallest absolute Gasteiger partial charge is 0.303 e. The molecule has 2 heterocycles. The first-order valence-electron chi connectivity index (χ1n) is 4.80. The highest BCUT2D eigenvalue weighted by Crippen LogP contribution is 2.34. The number of nitrogen functional groups attached to an aromatic ring is 1. The van der Waals surface area contributed by atoms with Gasteiger partial charge in [0.05, 0.1) is 4.92 Å². The van der Waals surface area contributed by atoms with Crippen molar-refractivity contribution in [1.29, 1.82) is 0 Å². The van der Waals surface area contributed by atoms with Crippen LogP contribution in [0.1, 0.15) is 0 Å². The van der Waals surface area contributed by atoms with Crippen LogP contribution in [0, 0.1) is 10.1 Å². The minimum absolute atomic E-state index is 0.0232. The van der Waals surface area contributed by atoms with Crippen LogP contribution < -0.4 is 17.0 Å². The lowest BCUT2D eigenvalue weighted by molar-refractivity contribution is -0.387. The Morgan fingerprint density at radius 1 is 1.58 bits per heavy atom. The molecule has 0 radical (unpaired) electrons. The lowest BCUT2D eigenvalue weighted by Gasteiger charge is -2.04. The normalized spacial score (nSPS) is 10.4. The van der Waals surface area contributed by atoms with E-state index in [2.05, 4.69) is 25.6 Å². The summed E-state index contributed by atoms with van der Waals surface area (Å²) in [6.07, 6.45) is 1.12. The molecule has 2 aromatic heterocycles. The van der Waals surface area contributed by atoms with E-state index in [0.717, 1.165) is 18.1 Å². The molecule has 0 aliphatic rings. The molecule has 19 heavy (non-hydrogen) atoms. The lowest BCUT2D eigenvalue weighted by Crippen LogP contribution is -2.13. The summed E-state index contributed by atoms with van der Waals surface area (Å²) in [5, 5.41) is 17.2. The van der Waals surface area contributed by atoms with Crippen LogP contribution in [0.3, 0.4) is 0 Å². The number of aromatic amines is 1. The van der Waals surface area contributed by atoms with E-state index < -0.39 is 10.6 Å². The molecular weight excluding hydrogens is 276 g/mol. The number of nitrogens with one attached hydrogen (secondary N) is 2. The minimum atomic E-state index is -0.664. The minimum Gasteiger partial charge on any atom is -0.303 e. The molecule has 0 fully saturated rings. The first kappa shape index (κ1) is 13.0. The SMILES string of the molecule is Cn1c(Sc2ncnc(NN)c2[N+](=O)[O-])n[nH]c1=O. The summed E-state index contributed by atoms with van der Waals surface area (Å²) in [5.41, 5.74) is 1.30. The van der Waals surface area contributed by atoms with Gasteiger partial charge in [-0.3, -0.25) is 14.7 Å². The summed E-state index contributed by atoms with van der Waals surface area (Å²) in [6, 6.07) is 0. The van der Waals surface area contributed by atoms with Gasteiger partial charge in [-0.25, -0.2) is 25.7 Å². The van der Waals surface area contributed by atoms with Crippen LogP contribution in [0.4, 0.5) is 11.5 Å². The average Bonchev–Trinajstić information content (AvgIpc) is 2.70. The first-order valence-corrected chi connectivity index (χ1v) is 5.61. The number of nitrogens with zero attached hydrogens (tertiary/aromatic N) is 5. The first-order chi connectivity index (χ1) is 9.04. The van der Waals surface area contributed by atoms with Crippen molar-refractivity contribution in [2.45, 2.75) is 10.2 Å². The number of aromatic nitrogens is 5. The molecule has 0 aromatic carbocycles. The molecule has 0 unspecified atom stereocenters. The Kier molecular flexibility index (Phi) is 3.43. The standard InChI is InChI=1S/C7H8N8O3S/c1-14-6(16)12-13-7(14)19-5-3(15(17)18)4(11-8)9-2-10-5/h2H,8H2,1H3,(H,12,16)(H,9,10,11). The fraction of sp³-hybridized carbons (Fsp3) is 0.143. The fourth-order valence-electron chi connectivity index (χ4n) is 1.22. The molecule has 0 saturated carbocycles. The van der Waals surface area contributed by atoms with Gasteiger partial charge in [0, 0.05) is 7.05 Å². The molecule has 0 aliphatic carbocycles. The third kappa shape index (κ3) is 2.38. The van der Waals surface area contributed by atoms with Gasteiger partial charge >= 0.3 is 11.4 Å². The molecule has 100 valence electrons. The van der Waals surface area contributed by atoms with E-state index in [1.807, 2.05) is 0 Å². The summed E-state index contributed by atoms with van der Waals surface area (Å²) in [5.74, 6) is 5.03. The van der Waals surface area contributed by atoms with E-state index in [0.29, 0.717) is 0 Å². The number of nitro groups is 1. The Labute approximate surface area is 109 Å². The molecule has 0 spiro atoms. The van der Waals surface area contributed by atoms with Crippen molar-refractivity contribution in [2.24, 2.45) is 12.9 Å². The number of nitrogens with two attached hydrogens (primary N) is 1. The molecular formula is C7H8N8O3S. The van der Waals surface area contributed by atoms with E-state index in [1.165, 1.54) is 11.6 Å². The second kappa shape index (κ2) is 5.03. The van der Waals surface area contributed by atoms with E-state index >= 15 is 0 Å². The van der Waals surface area contributed by atoms with Crippen LogP contribution in [0.2, 0.25) is 0 Å². The van der Waals surface area contributed by atoms with Crippen LogP contribution in [-0.4, -0.2) is 29.7 Å². The maximum Gasteiger partial charge on any atom is 0.345 e. The molecule has 0 saturated heterocycles. The van der Waals surface area contributed by atoms with Crippen LogP contribution >= 0.6 is 11.8 Å². The lowest BCUT2D eigenvalue weighted by atomic mass is 10.5. The van der Waals surface area contributed by atoms with Gasteiger partial charge in [0.25, 0.3) is 0 Å². The van der Waals surface area contributed by atoms with Crippen molar-refractivity contribution in [3.63, 3.8) is 0 Å². The van der Waals surface area contributed by atoms with Gasteiger partial charge in [0.2, 0.25) is 5.82 Å². The molecule has 12 heteroatoms. The molecule has 0 bridgehead atoms. The molecule has 4 N–H and O–H groups in total. The number of rotatable bonds is 4. The molecule has 0 atom stereocenters. The molecule has 2 aromatic rings. The Morgan fingerprint density at radius 3 is 2.84 bits per heavy atom. The fourth-order valence-corrected chi connectivity index (χ4v) is 2.07. The topological polar surface area (TPSA) is 158 Å². The molecule has 11 nitrogen and oxygen atoms in total. The molecule has 0 amide bonds. The molecule has 2 rings (SSSR count). The highest BCUT2D eigenvalue weighted by atomic mass is 32.2. The van der Waals surface area contributed by atoms with Crippen molar-refractivity contribution < 1.29 is 4.92 Å². The van der Waals surface area contributed by atoms with Crippen LogP contribution in [0.15, 0.2) is 21.3 Å². The van der Waals surface area contributed by atoms with E-state index in [1.54, 1.807) is 0 Å². The summed E-state index contributed by atoms with van der Waals surface area (Å²) in [4.78, 5) is 29.0. The maximum absolute atomic E-state index is 11.2. The average molecular weight is 284 g/mol. The highest BCUT2D eigenvalue weighted by molar-refractivity contribution is 7.99. The largest absolute Gasteiger partial charge is 0.345 e. The zero-order valence-corrected chi connectivity index (χ0v) is 10.3.